The van der Waals surface area contributed by atoms with Crippen LogP contribution in [0.4, 0.5) is 10.1 Å². The van der Waals surface area contributed by atoms with E-state index >= 15 is 0 Å². The summed E-state index contributed by atoms with van der Waals surface area (Å²) in [5.41, 5.74) is 2.66. The average Bonchev–Trinajstić information content (AvgIpc) is 3.28. The summed E-state index contributed by atoms with van der Waals surface area (Å²) >= 11 is 5.74. The SMILES string of the molecule is COc1cc(CNC2CCCc3occc32)ccc1OCC(=O)Nc1ccc(F)c(Cl)c1. The second kappa shape index (κ2) is 10.1. The first-order valence-electron chi connectivity index (χ1n) is 10.4. The lowest BCUT2D eigenvalue weighted by Gasteiger charge is -2.23. The molecule has 1 amide bonds. The predicted octanol–water partition coefficient (Wildman–Crippen LogP) is 5.27. The van der Waals surface area contributed by atoms with Gasteiger partial charge in [0.25, 0.3) is 5.91 Å². The van der Waals surface area contributed by atoms with E-state index in [1.807, 2.05) is 18.2 Å². The Kier molecular flexibility index (Phi) is 6.97. The molecule has 0 saturated heterocycles. The van der Waals surface area contributed by atoms with Gasteiger partial charge >= 0.3 is 0 Å². The number of carbonyl (C=O) groups excluding carboxylic acids is 1. The Bertz CT molecular complexity index is 1100. The van der Waals surface area contributed by atoms with Crippen molar-refractivity contribution in [3.05, 3.63) is 76.5 Å². The number of rotatable bonds is 8. The van der Waals surface area contributed by atoms with Gasteiger partial charge in [-0.3, -0.25) is 4.79 Å². The number of fused-ring (bicyclic) bond motifs is 1. The van der Waals surface area contributed by atoms with E-state index in [0.717, 1.165) is 30.6 Å². The molecule has 0 aliphatic heterocycles. The molecule has 32 heavy (non-hydrogen) atoms. The molecule has 3 aromatic rings. The maximum absolute atomic E-state index is 13.2. The van der Waals surface area contributed by atoms with E-state index in [1.165, 1.54) is 23.8 Å². The summed E-state index contributed by atoms with van der Waals surface area (Å²) in [5.74, 6) is 1.12. The number of methoxy groups -OCH3 is 1. The molecular formula is C24H24ClFN2O4. The van der Waals surface area contributed by atoms with Crippen LogP contribution in [0.5, 0.6) is 11.5 Å². The summed E-state index contributed by atoms with van der Waals surface area (Å²) in [7, 11) is 1.55. The molecular weight excluding hydrogens is 435 g/mol. The van der Waals surface area contributed by atoms with E-state index in [9.17, 15) is 9.18 Å². The monoisotopic (exact) mass is 458 g/mol. The van der Waals surface area contributed by atoms with Gasteiger partial charge in [0.15, 0.2) is 18.1 Å². The molecule has 6 nitrogen and oxygen atoms in total. The zero-order valence-electron chi connectivity index (χ0n) is 17.6. The molecule has 1 unspecified atom stereocenters. The number of ether oxygens (including phenoxy) is 2. The molecule has 1 atom stereocenters. The van der Waals surface area contributed by atoms with Crippen LogP contribution >= 0.6 is 11.6 Å². The number of furan rings is 1. The second-order valence-corrected chi connectivity index (χ2v) is 7.98. The van der Waals surface area contributed by atoms with Crippen LogP contribution in [0.2, 0.25) is 5.02 Å². The van der Waals surface area contributed by atoms with Gasteiger partial charge < -0.3 is 24.5 Å². The number of nitrogens with one attached hydrogen (secondary N) is 2. The minimum absolute atomic E-state index is 0.0631. The molecule has 2 aromatic carbocycles. The molecule has 0 bridgehead atoms. The minimum atomic E-state index is -0.547. The summed E-state index contributed by atoms with van der Waals surface area (Å²) in [6, 6.07) is 11.9. The van der Waals surface area contributed by atoms with E-state index in [1.54, 1.807) is 19.4 Å². The summed E-state index contributed by atoms with van der Waals surface area (Å²) in [5, 5.41) is 6.13. The van der Waals surface area contributed by atoms with E-state index in [4.69, 9.17) is 25.5 Å². The fourth-order valence-electron chi connectivity index (χ4n) is 3.79. The Hall–Kier alpha value is -3.03. The van der Waals surface area contributed by atoms with Gasteiger partial charge in [0.1, 0.15) is 11.6 Å². The molecule has 1 aliphatic rings. The molecule has 0 fully saturated rings. The zero-order chi connectivity index (χ0) is 22.5. The highest BCUT2D eigenvalue weighted by atomic mass is 35.5. The molecule has 0 radical (unpaired) electrons. The number of hydrogen-bond donors (Lipinski definition) is 2. The maximum Gasteiger partial charge on any atom is 0.262 e. The van der Waals surface area contributed by atoms with Gasteiger partial charge in [-0.05, 0) is 54.8 Å². The van der Waals surface area contributed by atoms with Crippen LogP contribution in [-0.2, 0) is 17.8 Å². The van der Waals surface area contributed by atoms with Crippen LogP contribution in [-0.4, -0.2) is 19.6 Å². The lowest BCUT2D eigenvalue weighted by molar-refractivity contribution is -0.118. The largest absolute Gasteiger partial charge is 0.493 e. The molecule has 8 heteroatoms. The van der Waals surface area contributed by atoms with E-state index < -0.39 is 11.7 Å². The first-order valence-corrected chi connectivity index (χ1v) is 10.8. The molecule has 1 heterocycles. The fourth-order valence-corrected chi connectivity index (χ4v) is 3.98. The molecule has 168 valence electrons. The summed E-state index contributed by atoms with van der Waals surface area (Å²) < 4.78 is 29.9. The molecule has 1 aromatic heterocycles. The quantitative estimate of drug-likeness (QED) is 0.481. The standard InChI is InChI=1S/C24H24ClFN2O4/c1-30-23-11-15(13-27-20-3-2-4-21-17(20)9-10-31-21)5-8-22(23)32-14-24(29)28-16-6-7-19(26)18(25)12-16/h5-12,20,27H,2-4,13-14H2,1H3,(H,28,29). The van der Waals surface area contributed by atoms with Crippen molar-refractivity contribution in [2.45, 2.75) is 31.8 Å². The maximum atomic E-state index is 13.2. The summed E-state index contributed by atoms with van der Waals surface area (Å²) in [4.78, 5) is 12.2. The molecule has 0 spiro atoms. The number of hydrogen-bond acceptors (Lipinski definition) is 5. The highest BCUT2D eigenvalue weighted by Gasteiger charge is 2.22. The van der Waals surface area contributed by atoms with Crippen LogP contribution in [0, 0.1) is 5.82 Å². The van der Waals surface area contributed by atoms with Crippen molar-refractivity contribution in [1.82, 2.24) is 5.32 Å². The van der Waals surface area contributed by atoms with Crippen molar-refractivity contribution in [2.75, 3.05) is 19.0 Å². The highest BCUT2D eigenvalue weighted by Crippen LogP contribution is 2.32. The second-order valence-electron chi connectivity index (χ2n) is 7.58. The molecule has 0 saturated carbocycles. The third kappa shape index (κ3) is 5.23. The van der Waals surface area contributed by atoms with Gasteiger partial charge in [-0.2, -0.15) is 0 Å². The van der Waals surface area contributed by atoms with Crippen LogP contribution in [0.15, 0.2) is 53.1 Å². The van der Waals surface area contributed by atoms with Crippen molar-refractivity contribution in [3.8, 4) is 11.5 Å². The van der Waals surface area contributed by atoms with Crippen LogP contribution in [0.1, 0.15) is 35.8 Å². The Morgan fingerprint density at radius 2 is 2.09 bits per heavy atom. The number of aryl methyl sites for hydroxylation is 1. The number of carbonyl (C=O) groups is 1. The van der Waals surface area contributed by atoms with Gasteiger partial charge in [-0.15, -0.1) is 0 Å². The van der Waals surface area contributed by atoms with Crippen molar-refractivity contribution < 1.29 is 23.1 Å². The van der Waals surface area contributed by atoms with E-state index in [0.29, 0.717) is 23.7 Å². The van der Waals surface area contributed by atoms with Crippen molar-refractivity contribution in [2.24, 2.45) is 0 Å². The lowest BCUT2D eigenvalue weighted by atomic mass is 9.93. The summed E-state index contributed by atoms with van der Waals surface area (Å²) in [6.07, 6.45) is 4.91. The number of amides is 1. The first-order chi connectivity index (χ1) is 15.5. The average molecular weight is 459 g/mol. The molecule has 2 N–H and O–H groups in total. The fraction of sp³-hybridized carbons (Fsp3) is 0.292. The van der Waals surface area contributed by atoms with E-state index in [-0.39, 0.29) is 17.7 Å². The Balaban J connectivity index is 1.33. The van der Waals surface area contributed by atoms with Crippen LogP contribution < -0.4 is 20.1 Å². The minimum Gasteiger partial charge on any atom is -0.493 e. The molecule has 4 rings (SSSR count). The lowest BCUT2D eigenvalue weighted by Crippen LogP contribution is -2.24. The Labute approximate surface area is 190 Å². The van der Waals surface area contributed by atoms with Gasteiger partial charge in [0.2, 0.25) is 0 Å². The van der Waals surface area contributed by atoms with Crippen LogP contribution in [0.25, 0.3) is 0 Å². The summed E-state index contributed by atoms with van der Waals surface area (Å²) in [6.45, 7) is 0.437. The number of halogens is 2. The number of benzene rings is 2. The van der Waals surface area contributed by atoms with Crippen LogP contribution in [0.3, 0.4) is 0 Å². The Morgan fingerprint density at radius 1 is 1.22 bits per heavy atom. The highest BCUT2D eigenvalue weighted by molar-refractivity contribution is 6.31. The van der Waals surface area contributed by atoms with Crippen molar-refractivity contribution in [1.29, 1.82) is 0 Å². The van der Waals surface area contributed by atoms with Gasteiger partial charge in [-0.25, -0.2) is 4.39 Å². The van der Waals surface area contributed by atoms with Gasteiger partial charge in [0, 0.05) is 30.3 Å². The van der Waals surface area contributed by atoms with Gasteiger partial charge in [0.05, 0.1) is 18.4 Å². The normalized spacial score (nSPS) is 15.2. The Morgan fingerprint density at radius 3 is 2.91 bits per heavy atom. The van der Waals surface area contributed by atoms with E-state index in [2.05, 4.69) is 10.6 Å². The third-order valence-corrected chi connectivity index (χ3v) is 5.68. The smallest absolute Gasteiger partial charge is 0.262 e. The van der Waals surface area contributed by atoms with Crippen molar-refractivity contribution in [3.63, 3.8) is 0 Å². The van der Waals surface area contributed by atoms with Crippen molar-refractivity contribution >= 4 is 23.2 Å². The third-order valence-electron chi connectivity index (χ3n) is 5.39. The first kappa shape index (κ1) is 22.2. The number of anilines is 1. The predicted molar refractivity (Wildman–Crippen MR) is 120 cm³/mol. The topological polar surface area (TPSA) is 72.7 Å². The van der Waals surface area contributed by atoms with Gasteiger partial charge in [-0.1, -0.05) is 17.7 Å². The molecule has 1 aliphatic carbocycles. The zero-order valence-corrected chi connectivity index (χ0v) is 18.4.